The Morgan fingerprint density at radius 2 is 2.18 bits per heavy atom. The maximum Gasteiger partial charge on any atom is 0.248 e. The smallest absolute Gasteiger partial charge is 0.248 e. The SMILES string of the molecule is C=C(C)COc1c(Br)cc(C(N)=O)cc1OC. The molecule has 17 heavy (non-hydrogen) atoms. The van der Waals surface area contributed by atoms with Crippen LogP contribution < -0.4 is 15.2 Å². The molecule has 0 atom stereocenters. The molecule has 1 aromatic carbocycles. The van der Waals surface area contributed by atoms with Crippen LogP contribution in [0.3, 0.4) is 0 Å². The number of nitrogens with two attached hydrogens (primary N) is 1. The van der Waals surface area contributed by atoms with E-state index in [0.29, 0.717) is 28.1 Å². The summed E-state index contributed by atoms with van der Waals surface area (Å²) in [4.78, 5) is 11.1. The first-order valence-electron chi connectivity index (χ1n) is 4.90. The summed E-state index contributed by atoms with van der Waals surface area (Å²) in [5.41, 5.74) is 6.45. The third-order valence-corrected chi connectivity index (χ3v) is 2.57. The minimum absolute atomic E-state index is 0.358. The Balaban J connectivity index is 3.12. The van der Waals surface area contributed by atoms with Crippen molar-refractivity contribution in [1.29, 1.82) is 0 Å². The first kappa shape index (κ1) is 13.6. The van der Waals surface area contributed by atoms with E-state index in [1.807, 2.05) is 6.92 Å². The fourth-order valence-electron chi connectivity index (χ4n) is 1.20. The molecule has 0 aromatic heterocycles. The maximum atomic E-state index is 11.1. The number of carbonyl (C=O) groups excluding carboxylic acids is 1. The molecule has 2 N–H and O–H groups in total. The van der Waals surface area contributed by atoms with E-state index < -0.39 is 5.91 Å². The van der Waals surface area contributed by atoms with Crippen LogP contribution in [0.1, 0.15) is 17.3 Å². The Morgan fingerprint density at radius 1 is 1.53 bits per heavy atom. The number of amides is 1. The van der Waals surface area contributed by atoms with Gasteiger partial charge in [0.25, 0.3) is 0 Å². The van der Waals surface area contributed by atoms with Crippen LogP contribution >= 0.6 is 15.9 Å². The van der Waals surface area contributed by atoms with Gasteiger partial charge < -0.3 is 15.2 Å². The highest BCUT2D eigenvalue weighted by Gasteiger charge is 2.13. The molecule has 5 heteroatoms. The lowest BCUT2D eigenvalue weighted by Gasteiger charge is -2.13. The number of hydrogen-bond donors (Lipinski definition) is 1. The maximum absolute atomic E-state index is 11.1. The van der Waals surface area contributed by atoms with Gasteiger partial charge in [0.15, 0.2) is 11.5 Å². The molecule has 0 spiro atoms. The molecule has 0 aliphatic rings. The molecule has 92 valence electrons. The van der Waals surface area contributed by atoms with Crippen LogP contribution in [0.2, 0.25) is 0 Å². The molecule has 1 amide bonds. The zero-order chi connectivity index (χ0) is 13.0. The molecule has 0 saturated heterocycles. The topological polar surface area (TPSA) is 61.5 Å². The first-order chi connectivity index (χ1) is 7.95. The normalized spacial score (nSPS) is 9.82. The Hall–Kier alpha value is -1.49. The number of primary amides is 1. The lowest BCUT2D eigenvalue weighted by Crippen LogP contribution is -2.11. The summed E-state index contributed by atoms with van der Waals surface area (Å²) < 4.78 is 11.3. The molecule has 0 heterocycles. The van der Waals surface area contributed by atoms with Crippen molar-refractivity contribution in [2.75, 3.05) is 13.7 Å². The van der Waals surface area contributed by atoms with E-state index in [0.717, 1.165) is 5.57 Å². The van der Waals surface area contributed by atoms with E-state index in [9.17, 15) is 4.79 Å². The van der Waals surface area contributed by atoms with Crippen LogP contribution in [-0.4, -0.2) is 19.6 Å². The highest BCUT2D eigenvalue weighted by atomic mass is 79.9. The number of carbonyl (C=O) groups is 1. The van der Waals surface area contributed by atoms with Crippen molar-refractivity contribution < 1.29 is 14.3 Å². The second-order valence-electron chi connectivity index (χ2n) is 3.60. The third kappa shape index (κ3) is 3.49. The fourth-order valence-corrected chi connectivity index (χ4v) is 1.75. The number of rotatable bonds is 5. The number of hydrogen-bond acceptors (Lipinski definition) is 3. The van der Waals surface area contributed by atoms with Crippen molar-refractivity contribution in [1.82, 2.24) is 0 Å². The van der Waals surface area contributed by atoms with Crippen LogP contribution in [-0.2, 0) is 0 Å². The zero-order valence-electron chi connectivity index (χ0n) is 9.75. The number of benzene rings is 1. The van der Waals surface area contributed by atoms with Crippen LogP contribution in [0.15, 0.2) is 28.8 Å². The monoisotopic (exact) mass is 299 g/mol. The molecule has 0 fully saturated rings. The van der Waals surface area contributed by atoms with E-state index in [1.165, 1.54) is 7.11 Å². The van der Waals surface area contributed by atoms with Gasteiger partial charge in [-0.25, -0.2) is 0 Å². The minimum atomic E-state index is -0.518. The summed E-state index contributed by atoms with van der Waals surface area (Å²) in [6.45, 7) is 5.99. The molecule has 0 aliphatic heterocycles. The predicted octanol–water partition coefficient (Wildman–Crippen LogP) is 2.51. The van der Waals surface area contributed by atoms with Crippen LogP contribution in [0.25, 0.3) is 0 Å². The molecular weight excluding hydrogens is 286 g/mol. The van der Waals surface area contributed by atoms with Gasteiger partial charge in [0.1, 0.15) is 6.61 Å². The van der Waals surface area contributed by atoms with Gasteiger partial charge >= 0.3 is 0 Å². The summed E-state index contributed by atoms with van der Waals surface area (Å²) in [6, 6.07) is 3.14. The van der Waals surface area contributed by atoms with Crippen LogP contribution in [0.4, 0.5) is 0 Å². The van der Waals surface area contributed by atoms with E-state index in [2.05, 4.69) is 22.5 Å². The summed E-state index contributed by atoms with van der Waals surface area (Å²) in [5, 5.41) is 0. The van der Waals surface area contributed by atoms with Crippen LogP contribution in [0, 0.1) is 0 Å². The standard InChI is InChI=1S/C12H14BrNO3/c1-7(2)6-17-11-9(13)4-8(12(14)15)5-10(11)16-3/h4-5H,1,6H2,2-3H3,(H2,14,15). The molecule has 1 rings (SSSR count). The zero-order valence-corrected chi connectivity index (χ0v) is 11.3. The predicted molar refractivity (Wildman–Crippen MR) is 69.5 cm³/mol. The number of halogens is 1. The highest BCUT2D eigenvalue weighted by molar-refractivity contribution is 9.10. The van der Waals surface area contributed by atoms with Gasteiger partial charge in [-0.2, -0.15) is 0 Å². The minimum Gasteiger partial charge on any atom is -0.493 e. The molecule has 0 saturated carbocycles. The average Bonchev–Trinajstić information content (AvgIpc) is 2.25. The van der Waals surface area contributed by atoms with Gasteiger partial charge in [0.2, 0.25) is 5.91 Å². The number of ether oxygens (including phenoxy) is 2. The van der Waals surface area contributed by atoms with E-state index in [1.54, 1.807) is 12.1 Å². The van der Waals surface area contributed by atoms with Crippen LogP contribution in [0.5, 0.6) is 11.5 Å². The van der Waals surface area contributed by atoms with Gasteiger partial charge in [-0.15, -0.1) is 0 Å². The van der Waals surface area contributed by atoms with Gasteiger partial charge in [-0.1, -0.05) is 6.58 Å². The van der Waals surface area contributed by atoms with E-state index in [4.69, 9.17) is 15.2 Å². The summed E-state index contributed by atoms with van der Waals surface area (Å²) in [6.07, 6.45) is 0. The summed E-state index contributed by atoms with van der Waals surface area (Å²) >= 11 is 3.31. The Morgan fingerprint density at radius 3 is 2.65 bits per heavy atom. The largest absolute Gasteiger partial charge is 0.493 e. The molecule has 0 aliphatic carbocycles. The second-order valence-corrected chi connectivity index (χ2v) is 4.45. The first-order valence-corrected chi connectivity index (χ1v) is 5.69. The van der Waals surface area contributed by atoms with Gasteiger partial charge in [-0.3, -0.25) is 4.79 Å². The van der Waals surface area contributed by atoms with E-state index in [-0.39, 0.29) is 0 Å². The Labute approximate surface area is 109 Å². The van der Waals surface area contributed by atoms with Gasteiger partial charge in [0.05, 0.1) is 11.6 Å². The molecule has 0 bridgehead atoms. The lowest BCUT2D eigenvalue weighted by molar-refractivity contribution is 0.1000. The quantitative estimate of drug-likeness (QED) is 0.850. The molecular formula is C12H14BrNO3. The number of methoxy groups -OCH3 is 1. The summed E-state index contributed by atoms with van der Waals surface area (Å²) in [5.74, 6) is 0.463. The van der Waals surface area contributed by atoms with Crippen molar-refractivity contribution in [3.8, 4) is 11.5 Å². The van der Waals surface area contributed by atoms with Crippen molar-refractivity contribution in [3.63, 3.8) is 0 Å². The van der Waals surface area contributed by atoms with Crippen molar-refractivity contribution in [3.05, 3.63) is 34.3 Å². The Bertz CT molecular complexity index is 457. The average molecular weight is 300 g/mol. The molecule has 0 unspecified atom stereocenters. The van der Waals surface area contributed by atoms with Crippen molar-refractivity contribution >= 4 is 21.8 Å². The highest BCUT2D eigenvalue weighted by Crippen LogP contribution is 2.36. The van der Waals surface area contributed by atoms with Crippen molar-refractivity contribution in [2.45, 2.75) is 6.92 Å². The second kappa shape index (κ2) is 5.72. The molecule has 4 nitrogen and oxygen atoms in total. The van der Waals surface area contributed by atoms with Crippen molar-refractivity contribution in [2.24, 2.45) is 5.73 Å². The molecule has 1 aromatic rings. The van der Waals surface area contributed by atoms with Gasteiger partial charge in [0, 0.05) is 5.56 Å². The fraction of sp³-hybridized carbons (Fsp3) is 0.250. The molecule has 0 radical (unpaired) electrons. The Kier molecular flexibility index (Phi) is 4.57. The summed E-state index contributed by atoms with van der Waals surface area (Å²) in [7, 11) is 1.50. The third-order valence-electron chi connectivity index (χ3n) is 1.98. The van der Waals surface area contributed by atoms with Gasteiger partial charge in [-0.05, 0) is 40.6 Å². The van der Waals surface area contributed by atoms with E-state index >= 15 is 0 Å². The lowest BCUT2D eigenvalue weighted by atomic mass is 10.2.